The lowest BCUT2D eigenvalue weighted by atomic mass is 10.1. The molecular weight excluding hydrogens is 196 g/mol. The van der Waals surface area contributed by atoms with E-state index in [0.717, 1.165) is 0 Å². The number of carboxylic acid groups (broad SMARTS) is 1. The predicted molar refractivity (Wildman–Crippen MR) is 57.6 cm³/mol. The van der Waals surface area contributed by atoms with E-state index in [1.54, 1.807) is 14.0 Å². The van der Waals surface area contributed by atoms with Gasteiger partial charge in [-0.2, -0.15) is 0 Å². The predicted octanol–water partition coefficient (Wildman–Crippen LogP) is 0.306. The van der Waals surface area contributed by atoms with Gasteiger partial charge in [0.2, 0.25) is 5.91 Å². The van der Waals surface area contributed by atoms with E-state index in [-0.39, 0.29) is 18.0 Å². The fourth-order valence-electron chi connectivity index (χ4n) is 1.02. The number of nitrogens with zero attached hydrogens (tertiary/aromatic N) is 1. The zero-order valence-electron chi connectivity index (χ0n) is 10.00. The molecule has 0 bridgehead atoms. The Balaban J connectivity index is 4.25. The molecule has 15 heavy (non-hydrogen) atoms. The summed E-state index contributed by atoms with van der Waals surface area (Å²) in [5.74, 6) is -1.10. The van der Waals surface area contributed by atoms with Crippen LogP contribution in [0.25, 0.3) is 0 Å². The third-order valence-corrected chi connectivity index (χ3v) is 1.92. The lowest BCUT2D eigenvalue weighted by molar-refractivity contribution is -0.139. The summed E-state index contributed by atoms with van der Waals surface area (Å²) in [6, 6.07) is -0.444. The molecule has 0 spiro atoms. The highest BCUT2D eigenvalue weighted by Crippen LogP contribution is 2.02. The van der Waals surface area contributed by atoms with Gasteiger partial charge in [-0.05, 0) is 34.7 Å². The van der Waals surface area contributed by atoms with Crippen LogP contribution >= 0.6 is 0 Å². The van der Waals surface area contributed by atoms with E-state index in [4.69, 9.17) is 5.11 Å². The Hall–Kier alpha value is -1.10. The zero-order chi connectivity index (χ0) is 12.2. The molecule has 1 atom stereocenters. The van der Waals surface area contributed by atoms with Crippen molar-refractivity contribution < 1.29 is 14.7 Å². The van der Waals surface area contributed by atoms with Crippen LogP contribution in [0.4, 0.5) is 0 Å². The monoisotopic (exact) mass is 216 g/mol. The van der Waals surface area contributed by atoms with Gasteiger partial charge in [0.25, 0.3) is 0 Å². The topological polar surface area (TPSA) is 69.6 Å². The molecule has 0 saturated heterocycles. The highest BCUT2D eigenvalue weighted by atomic mass is 16.4. The van der Waals surface area contributed by atoms with E-state index in [9.17, 15) is 9.59 Å². The number of likely N-dealkylation sites (N-methyl/N-ethyl adjacent to an activating group) is 1. The van der Waals surface area contributed by atoms with Crippen LogP contribution in [0.2, 0.25) is 0 Å². The molecule has 5 nitrogen and oxygen atoms in total. The summed E-state index contributed by atoms with van der Waals surface area (Å²) in [6.07, 6.45) is 0. The van der Waals surface area contributed by atoms with E-state index in [1.165, 1.54) is 4.90 Å². The number of carboxylic acids is 1. The van der Waals surface area contributed by atoms with Crippen LogP contribution in [-0.2, 0) is 9.59 Å². The van der Waals surface area contributed by atoms with Gasteiger partial charge in [-0.3, -0.25) is 14.5 Å². The molecule has 0 aromatic rings. The summed E-state index contributed by atoms with van der Waals surface area (Å²) < 4.78 is 0. The number of amides is 1. The second-order valence-corrected chi connectivity index (χ2v) is 4.72. The molecule has 0 aliphatic heterocycles. The first-order valence-electron chi connectivity index (χ1n) is 4.87. The minimum atomic E-state index is -0.937. The van der Waals surface area contributed by atoms with Gasteiger partial charge < -0.3 is 10.4 Å². The van der Waals surface area contributed by atoms with E-state index in [2.05, 4.69) is 5.32 Å². The van der Waals surface area contributed by atoms with Crippen LogP contribution in [0.3, 0.4) is 0 Å². The summed E-state index contributed by atoms with van der Waals surface area (Å²) in [5.41, 5.74) is -0.296. The third-order valence-electron chi connectivity index (χ3n) is 1.92. The molecular formula is C10H20N2O3. The minimum absolute atomic E-state index is 0.140. The zero-order valence-corrected chi connectivity index (χ0v) is 10.00. The fraction of sp³-hybridized carbons (Fsp3) is 0.800. The normalized spacial score (nSPS) is 13.7. The fourth-order valence-corrected chi connectivity index (χ4v) is 1.02. The Kier molecular flexibility index (Phi) is 4.74. The van der Waals surface area contributed by atoms with Crippen LogP contribution in [0.1, 0.15) is 27.7 Å². The standard InChI is InChI=1S/C10H20N2O3/c1-7(12(5)6-8(13)14)9(15)11-10(2,3)4/h7H,6H2,1-5H3,(H,11,15)(H,13,14). The molecule has 88 valence electrons. The number of nitrogens with one attached hydrogen (secondary N) is 1. The summed E-state index contributed by atoms with van der Waals surface area (Å²) in [4.78, 5) is 23.6. The Bertz CT molecular complexity index is 246. The summed E-state index contributed by atoms with van der Waals surface area (Å²) in [5, 5.41) is 11.4. The lowest BCUT2D eigenvalue weighted by Gasteiger charge is -2.27. The first-order chi connectivity index (χ1) is 6.63. The van der Waals surface area contributed by atoms with Crippen LogP contribution in [0, 0.1) is 0 Å². The van der Waals surface area contributed by atoms with Gasteiger partial charge in [-0.25, -0.2) is 0 Å². The van der Waals surface area contributed by atoms with E-state index in [0.29, 0.717) is 0 Å². The largest absolute Gasteiger partial charge is 0.480 e. The van der Waals surface area contributed by atoms with Gasteiger partial charge in [0.05, 0.1) is 12.6 Å². The molecule has 0 aromatic carbocycles. The Morgan fingerprint density at radius 3 is 2.20 bits per heavy atom. The van der Waals surface area contributed by atoms with Gasteiger partial charge in [0.1, 0.15) is 0 Å². The number of rotatable bonds is 4. The lowest BCUT2D eigenvalue weighted by Crippen LogP contribution is -2.50. The van der Waals surface area contributed by atoms with Crippen LogP contribution < -0.4 is 5.32 Å². The Morgan fingerprint density at radius 2 is 1.87 bits per heavy atom. The quantitative estimate of drug-likeness (QED) is 0.709. The smallest absolute Gasteiger partial charge is 0.317 e. The summed E-state index contributed by atoms with van der Waals surface area (Å²) in [7, 11) is 1.61. The summed E-state index contributed by atoms with van der Waals surface area (Å²) in [6.45, 7) is 7.20. The molecule has 0 fully saturated rings. The second-order valence-electron chi connectivity index (χ2n) is 4.72. The van der Waals surface area contributed by atoms with Crippen molar-refractivity contribution in [3.05, 3.63) is 0 Å². The van der Waals surface area contributed by atoms with Crippen molar-refractivity contribution >= 4 is 11.9 Å². The van der Waals surface area contributed by atoms with Crippen LogP contribution in [0.5, 0.6) is 0 Å². The second kappa shape index (κ2) is 5.11. The molecule has 2 N–H and O–H groups in total. The third kappa shape index (κ3) is 6.06. The van der Waals surface area contributed by atoms with Crippen molar-refractivity contribution in [3.8, 4) is 0 Å². The maximum absolute atomic E-state index is 11.6. The number of aliphatic carboxylic acids is 1. The van der Waals surface area contributed by atoms with Gasteiger partial charge in [-0.1, -0.05) is 0 Å². The maximum atomic E-state index is 11.6. The highest BCUT2D eigenvalue weighted by Gasteiger charge is 2.23. The van der Waals surface area contributed by atoms with Crippen molar-refractivity contribution in [2.45, 2.75) is 39.3 Å². The Labute approximate surface area is 90.5 Å². The molecule has 0 aromatic heterocycles. The van der Waals surface area contributed by atoms with Gasteiger partial charge in [-0.15, -0.1) is 0 Å². The van der Waals surface area contributed by atoms with Crippen molar-refractivity contribution in [1.82, 2.24) is 10.2 Å². The first-order valence-corrected chi connectivity index (χ1v) is 4.87. The van der Waals surface area contributed by atoms with Crippen molar-refractivity contribution in [1.29, 1.82) is 0 Å². The van der Waals surface area contributed by atoms with E-state index >= 15 is 0 Å². The molecule has 0 heterocycles. The van der Waals surface area contributed by atoms with Gasteiger partial charge >= 0.3 is 5.97 Å². The number of carbonyl (C=O) groups excluding carboxylic acids is 1. The van der Waals surface area contributed by atoms with Crippen molar-refractivity contribution in [3.63, 3.8) is 0 Å². The number of hydrogen-bond acceptors (Lipinski definition) is 3. The molecule has 0 rings (SSSR count). The molecule has 1 amide bonds. The highest BCUT2D eigenvalue weighted by molar-refractivity contribution is 5.82. The average Bonchev–Trinajstić information content (AvgIpc) is 1.98. The molecule has 5 heteroatoms. The van der Waals surface area contributed by atoms with Gasteiger partial charge in [0, 0.05) is 5.54 Å². The molecule has 0 saturated carbocycles. The first kappa shape index (κ1) is 13.9. The minimum Gasteiger partial charge on any atom is -0.480 e. The molecule has 0 radical (unpaired) electrons. The Morgan fingerprint density at radius 1 is 1.40 bits per heavy atom. The van der Waals surface area contributed by atoms with Crippen LogP contribution in [0.15, 0.2) is 0 Å². The number of carbonyl (C=O) groups is 2. The molecule has 0 aliphatic carbocycles. The average molecular weight is 216 g/mol. The van der Waals surface area contributed by atoms with E-state index in [1.807, 2.05) is 20.8 Å². The van der Waals surface area contributed by atoms with Crippen molar-refractivity contribution in [2.75, 3.05) is 13.6 Å². The molecule has 1 unspecified atom stereocenters. The molecule has 0 aliphatic rings. The van der Waals surface area contributed by atoms with E-state index < -0.39 is 12.0 Å². The SMILES string of the molecule is CC(C(=O)NC(C)(C)C)N(C)CC(=O)O. The van der Waals surface area contributed by atoms with Crippen LogP contribution in [-0.4, -0.2) is 47.1 Å². The van der Waals surface area contributed by atoms with Gasteiger partial charge in [0.15, 0.2) is 0 Å². The maximum Gasteiger partial charge on any atom is 0.317 e. The number of hydrogen-bond donors (Lipinski definition) is 2. The summed E-state index contributed by atoms with van der Waals surface area (Å²) >= 11 is 0. The van der Waals surface area contributed by atoms with Crippen molar-refractivity contribution in [2.24, 2.45) is 0 Å².